The molecule has 0 spiro atoms. The lowest BCUT2D eigenvalue weighted by Crippen LogP contribution is -2.45. The van der Waals surface area contributed by atoms with Crippen molar-refractivity contribution < 1.29 is 15.0 Å². The van der Waals surface area contributed by atoms with Gasteiger partial charge in [0.1, 0.15) is 0 Å². The summed E-state index contributed by atoms with van der Waals surface area (Å²) in [6.07, 6.45) is 67.2. The highest BCUT2D eigenvalue weighted by atomic mass is 16.3. The van der Waals surface area contributed by atoms with Crippen LogP contribution in [0.1, 0.15) is 303 Å². The van der Waals surface area contributed by atoms with Gasteiger partial charge in [-0.25, -0.2) is 0 Å². The Morgan fingerprint density at radius 1 is 0.407 bits per heavy atom. The van der Waals surface area contributed by atoms with Gasteiger partial charge in [0, 0.05) is 6.42 Å². The number of aliphatic hydroxyl groups is 2. The molecule has 0 bridgehead atoms. The summed E-state index contributed by atoms with van der Waals surface area (Å²) in [6.45, 7) is 4.39. The molecule has 0 aromatic carbocycles. The summed E-state index contributed by atoms with van der Waals surface area (Å²) in [5.74, 6) is -0.0312. The van der Waals surface area contributed by atoms with Gasteiger partial charge in [-0.05, 0) is 44.9 Å². The van der Waals surface area contributed by atoms with E-state index in [9.17, 15) is 15.0 Å². The maximum Gasteiger partial charge on any atom is 0.220 e. The van der Waals surface area contributed by atoms with Gasteiger partial charge in [0.25, 0.3) is 0 Å². The summed E-state index contributed by atoms with van der Waals surface area (Å²) in [5.41, 5.74) is 0. The van der Waals surface area contributed by atoms with Gasteiger partial charge < -0.3 is 15.5 Å². The first-order valence-corrected chi connectivity index (χ1v) is 27.0. The van der Waals surface area contributed by atoms with Crippen molar-refractivity contribution in [1.29, 1.82) is 0 Å². The molecule has 2 unspecified atom stereocenters. The van der Waals surface area contributed by atoms with Gasteiger partial charge >= 0.3 is 0 Å². The van der Waals surface area contributed by atoms with Gasteiger partial charge in [0.2, 0.25) is 5.91 Å². The summed E-state index contributed by atoms with van der Waals surface area (Å²) in [4.78, 5) is 12.5. The molecule has 59 heavy (non-hydrogen) atoms. The van der Waals surface area contributed by atoms with Crippen LogP contribution >= 0.6 is 0 Å². The summed E-state index contributed by atoms with van der Waals surface area (Å²) in [6, 6.07) is -0.538. The van der Waals surface area contributed by atoms with E-state index in [2.05, 4.69) is 43.5 Å². The molecule has 0 aromatic rings. The molecule has 3 N–H and O–H groups in total. The lowest BCUT2D eigenvalue weighted by molar-refractivity contribution is -0.123. The molecule has 0 aliphatic rings. The SMILES string of the molecule is CCCCCCCCCCC/C=C\C/C=C\CCCCCCCCCCCC(=O)NC(CO)C(O)CCCCCCCCCCCCCCCCCCCCCCCC. The van der Waals surface area contributed by atoms with Crippen LogP contribution in [-0.4, -0.2) is 34.9 Å². The van der Waals surface area contributed by atoms with Crippen molar-refractivity contribution in [3.8, 4) is 0 Å². The lowest BCUT2D eigenvalue weighted by atomic mass is 10.0. The summed E-state index contributed by atoms with van der Waals surface area (Å²) >= 11 is 0. The predicted octanol–water partition coefficient (Wildman–Crippen LogP) is 17.5. The van der Waals surface area contributed by atoms with E-state index in [0.29, 0.717) is 12.8 Å². The van der Waals surface area contributed by atoms with Crippen molar-refractivity contribution in [3.63, 3.8) is 0 Å². The minimum absolute atomic E-state index is 0.0312. The molecule has 0 saturated carbocycles. The summed E-state index contributed by atoms with van der Waals surface area (Å²) < 4.78 is 0. The standard InChI is InChI=1S/C55H107NO3/c1-3-5-7-9-11-13-15-17-19-21-23-25-27-28-29-31-33-35-37-39-41-43-45-47-49-51-55(59)56-53(52-57)54(58)50-48-46-44-42-40-38-36-34-32-30-26-24-22-20-18-16-14-12-10-8-6-4-2/h23,25,28-29,53-54,57-58H,3-22,24,26-27,30-52H2,1-2H3,(H,56,59)/b25-23-,29-28-. The second-order valence-electron chi connectivity index (χ2n) is 18.7. The zero-order valence-corrected chi connectivity index (χ0v) is 40.3. The van der Waals surface area contributed by atoms with E-state index in [1.165, 1.54) is 244 Å². The monoisotopic (exact) mass is 830 g/mol. The molecule has 1 amide bonds. The van der Waals surface area contributed by atoms with Crippen LogP contribution in [0.3, 0.4) is 0 Å². The van der Waals surface area contributed by atoms with Crippen molar-refractivity contribution in [2.75, 3.05) is 6.61 Å². The third-order valence-electron chi connectivity index (χ3n) is 12.7. The van der Waals surface area contributed by atoms with Crippen LogP contribution in [0.15, 0.2) is 24.3 Å². The Balaban J connectivity index is 3.47. The molecule has 4 heteroatoms. The third-order valence-corrected chi connectivity index (χ3v) is 12.7. The van der Waals surface area contributed by atoms with Gasteiger partial charge in [-0.2, -0.15) is 0 Å². The zero-order valence-electron chi connectivity index (χ0n) is 40.3. The molecule has 0 aliphatic heterocycles. The van der Waals surface area contributed by atoms with E-state index in [1.54, 1.807) is 0 Å². The van der Waals surface area contributed by atoms with Gasteiger partial charge in [-0.1, -0.05) is 276 Å². The first kappa shape index (κ1) is 57.9. The van der Waals surface area contributed by atoms with Gasteiger partial charge in [-0.3, -0.25) is 4.79 Å². The molecule has 0 rings (SSSR count). The molecular weight excluding hydrogens is 723 g/mol. The maximum absolute atomic E-state index is 12.5. The maximum atomic E-state index is 12.5. The number of aliphatic hydroxyl groups excluding tert-OH is 2. The Kier molecular flexibility index (Phi) is 50.2. The molecule has 0 heterocycles. The van der Waals surface area contributed by atoms with Crippen molar-refractivity contribution in [2.45, 2.75) is 315 Å². The first-order valence-electron chi connectivity index (χ1n) is 27.0. The van der Waals surface area contributed by atoms with E-state index in [-0.39, 0.29) is 12.5 Å². The largest absolute Gasteiger partial charge is 0.394 e. The van der Waals surface area contributed by atoms with Crippen molar-refractivity contribution in [3.05, 3.63) is 24.3 Å². The molecule has 0 saturated heterocycles. The number of hydrogen-bond donors (Lipinski definition) is 3. The van der Waals surface area contributed by atoms with Crippen LogP contribution in [0.25, 0.3) is 0 Å². The normalized spacial score (nSPS) is 12.9. The Morgan fingerprint density at radius 3 is 1.02 bits per heavy atom. The summed E-state index contributed by atoms with van der Waals surface area (Å²) in [5, 5.41) is 23.3. The van der Waals surface area contributed by atoms with Crippen molar-refractivity contribution in [1.82, 2.24) is 5.32 Å². The molecule has 350 valence electrons. The average molecular weight is 830 g/mol. The van der Waals surface area contributed by atoms with Crippen LogP contribution in [0, 0.1) is 0 Å². The zero-order chi connectivity index (χ0) is 42.8. The van der Waals surface area contributed by atoms with Crippen LogP contribution < -0.4 is 5.32 Å². The van der Waals surface area contributed by atoms with Crippen molar-refractivity contribution >= 4 is 5.91 Å². The number of carbonyl (C=O) groups is 1. The Bertz CT molecular complexity index is 855. The molecule has 4 nitrogen and oxygen atoms in total. The fraction of sp³-hybridized carbons (Fsp3) is 0.909. The highest BCUT2D eigenvalue weighted by Crippen LogP contribution is 2.17. The average Bonchev–Trinajstić information content (AvgIpc) is 3.24. The van der Waals surface area contributed by atoms with Crippen LogP contribution in [0.5, 0.6) is 0 Å². The fourth-order valence-electron chi connectivity index (χ4n) is 8.57. The smallest absolute Gasteiger partial charge is 0.220 e. The number of rotatable bonds is 50. The number of nitrogens with one attached hydrogen (secondary N) is 1. The molecular formula is C55H107NO3. The first-order chi connectivity index (χ1) is 29.2. The topological polar surface area (TPSA) is 69.6 Å². The predicted molar refractivity (Wildman–Crippen MR) is 262 cm³/mol. The van der Waals surface area contributed by atoms with E-state index in [0.717, 1.165) is 32.1 Å². The van der Waals surface area contributed by atoms with Gasteiger partial charge in [0.05, 0.1) is 18.8 Å². The number of allylic oxidation sites excluding steroid dienone is 4. The highest BCUT2D eigenvalue weighted by molar-refractivity contribution is 5.76. The molecule has 0 radical (unpaired) electrons. The number of carbonyl (C=O) groups excluding carboxylic acids is 1. The van der Waals surface area contributed by atoms with Gasteiger partial charge in [0.15, 0.2) is 0 Å². The fourth-order valence-corrected chi connectivity index (χ4v) is 8.57. The number of unbranched alkanes of at least 4 members (excludes halogenated alkanes) is 39. The minimum atomic E-state index is -0.661. The van der Waals surface area contributed by atoms with E-state index in [4.69, 9.17) is 0 Å². The lowest BCUT2D eigenvalue weighted by Gasteiger charge is -2.22. The highest BCUT2D eigenvalue weighted by Gasteiger charge is 2.20. The molecule has 0 fully saturated rings. The van der Waals surface area contributed by atoms with Gasteiger partial charge in [-0.15, -0.1) is 0 Å². The molecule has 2 atom stereocenters. The quantitative estimate of drug-likeness (QED) is 0.0422. The van der Waals surface area contributed by atoms with Crippen LogP contribution in [0.4, 0.5) is 0 Å². The van der Waals surface area contributed by atoms with E-state index in [1.807, 2.05) is 0 Å². The summed E-state index contributed by atoms with van der Waals surface area (Å²) in [7, 11) is 0. The number of hydrogen-bond acceptors (Lipinski definition) is 3. The second-order valence-corrected chi connectivity index (χ2v) is 18.7. The van der Waals surface area contributed by atoms with E-state index >= 15 is 0 Å². The molecule has 0 aromatic heterocycles. The second kappa shape index (κ2) is 51.2. The van der Waals surface area contributed by atoms with E-state index < -0.39 is 12.1 Å². The minimum Gasteiger partial charge on any atom is -0.394 e. The Hall–Kier alpha value is -1.13. The van der Waals surface area contributed by atoms with Crippen molar-refractivity contribution in [2.24, 2.45) is 0 Å². The van der Waals surface area contributed by atoms with Crippen LogP contribution in [-0.2, 0) is 4.79 Å². The Morgan fingerprint density at radius 2 is 0.695 bits per heavy atom. The van der Waals surface area contributed by atoms with Crippen LogP contribution in [0.2, 0.25) is 0 Å². The number of amides is 1. The third kappa shape index (κ3) is 47.8. The molecule has 0 aliphatic carbocycles. The Labute approximate surface area is 370 Å².